The van der Waals surface area contributed by atoms with Gasteiger partial charge in [0.05, 0.1) is 11.7 Å². The molecule has 20 heavy (non-hydrogen) atoms. The molecule has 1 aromatic carbocycles. The van der Waals surface area contributed by atoms with Crippen LogP contribution in [0.2, 0.25) is 0 Å². The number of aliphatic hydroxyl groups excluding tert-OH is 1. The number of carbonyl (C=O) groups is 1. The Kier molecular flexibility index (Phi) is 5.64. The maximum atomic E-state index is 12.1. The Morgan fingerprint density at radius 2 is 2.20 bits per heavy atom. The summed E-state index contributed by atoms with van der Waals surface area (Å²) in [7, 11) is 0. The zero-order valence-corrected chi connectivity index (χ0v) is 12.8. The fourth-order valence-electron chi connectivity index (χ4n) is 1.88. The van der Waals surface area contributed by atoms with Gasteiger partial charge in [0.25, 0.3) is 5.91 Å². The van der Waals surface area contributed by atoms with Crippen molar-refractivity contribution in [1.82, 2.24) is 5.32 Å². The second-order valence-electron chi connectivity index (χ2n) is 4.32. The summed E-state index contributed by atoms with van der Waals surface area (Å²) in [6.07, 6.45) is 1.95. The molecular formula is C15H17NO2S2. The Bertz CT molecular complexity index is 555. The van der Waals surface area contributed by atoms with Crippen LogP contribution in [-0.2, 0) is 0 Å². The van der Waals surface area contributed by atoms with Gasteiger partial charge in [-0.25, -0.2) is 0 Å². The molecule has 0 saturated heterocycles. The number of thioether (sulfide) groups is 1. The van der Waals surface area contributed by atoms with Crippen molar-refractivity contribution in [3.63, 3.8) is 0 Å². The van der Waals surface area contributed by atoms with Crippen LogP contribution in [-0.4, -0.2) is 23.8 Å². The van der Waals surface area contributed by atoms with Gasteiger partial charge in [-0.3, -0.25) is 4.79 Å². The minimum Gasteiger partial charge on any atom is -0.388 e. The second kappa shape index (κ2) is 7.47. The largest absolute Gasteiger partial charge is 0.388 e. The lowest BCUT2D eigenvalue weighted by molar-refractivity contribution is 0.0940. The van der Waals surface area contributed by atoms with Crippen molar-refractivity contribution in [2.75, 3.05) is 12.8 Å². The molecule has 0 saturated carbocycles. The molecule has 3 nitrogen and oxygen atoms in total. The van der Waals surface area contributed by atoms with E-state index in [1.165, 1.54) is 0 Å². The van der Waals surface area contributed by atoms with Crippen molar-refractivity contribution >= 4 is 29.0 Å². The summed E-state index contributed by atoms with van der Waals surface area (Å²) in [6.45, 7) is 0.457. The van der Waals surface area contributed by atoms with E-state index >= 15 is 0 Å². The van der Waals surface area contributed by atoms with Crippen LogP contribution in [0.25, 0.3) is 0 Å². The molecule has 0 spiro atoms. The van der Waals surface area contributed by atoms with E-state index in [1.54, 1.807) is 23.1 Å². The van der Waals surface area contributed by atoms with E-state index in [0.29, 0.717) is 18.5 Å². The summed E-state index contributed by atoms with van der Waals surface area (Å²) >= 11 is 3.11. The molecule has 0 aliphatic rings. The summed E-state index contributed by atoms with van der Waals surface area (Å²) in [5.41, 5.74) is 1.60. The van der Waals surface area contributed by atoms with Crippen molar-refractivity contribution < 1.29 is 9.90 Å². The van der Waals surface area contributed by atoms with Gasteiger partial charge in [0.2, 0.25) is 0 Å². The zero-order valence-electron chi connectivity index (χ0n) is 11.2. The van der Waals surface area contributed by atoms with Crippen LogP contribution in [0.1, 0.15) is 28.4 Å². The SMILES string of the molecule is CSc1ccccc1C(=O)NCC[C@H](O)c1ccsc1. The first-order valence-electron chi connectivity index (χ1n) is 6.33. The third-order valence-electron chi connectivity index (χ3n) is 2.98. The molecule has 0 bridgehead atoms. The Morgan fingerprint density at radius 1 is 1.40 bits per heavy atom. The van der Waals surface area contributed by atoms with Gasteiger partial charge >= 0.3 is 0 Å². The highest BCUT2D eigenvalue weighted by Crippen LogP contribution is 2.20. The van der Waals surface area contributed by atoms with E-state index in [4.69, 9.17) is 0 Å². The van der Waals surface area contributed by atoms with Gasteiger partial charge < -0.3 is 10.4 Å². The van der Waals surface area contributed by atoms with Gasteiger partial charge in [-0.1, -0.05) is 12.1 Å². The molecule has 1 heterocycles. The van der Waals surface area contributed by atoms with Gasteiger partial charge in [0.15, 0.2) is 0 Å². The van der Waals surface area contributed by atoms with E-state index in [9.17, 15) is 9.90 Å². The van der Waals surface area contributed by atoms with Crippen molar-refractivity contribution in [3.8, 4) is 0 Å². The first-order valence-corrected chi connectivity index (χ1v) is 8.50. The average Bonchev–Trinajstić information content (AvgIpc) is 3.01. The number of rotatable bonds is 6. The molecule has 1 amide bonds. The number of benzene rings is 1. The topological polar surface area (TPSA) is 49.3 Å². The number of hydrogen-bond donors (Lipinski definition) is 2. The normalized spacial score (nSPS) is 12.1. The highest BCUT2D eigenvalue weighted by Gasteiger charge is 2.11. The van der Waals surface area contributed by atoms with Gasteiger partial charge in [-0.15, -0.1) is 11.8 Å². The van der Waals surface area contributed by atoms with Crippen LogP contribution in [0.4, 0.5) is 0 Å². The Balaban J connectivity index is 1.86. The van der Waals surface area contributed by atoms with E-state index in [0.717, 1.165) is 10.5 Å². The molecular weight excluding hydrogens is 290 g/mol. The molecule has 2 aromatic rings. The highest BCUT2D eigenvalue weighted by atomic mass is 32.2. The lowest BCUT2D eigenvalue weighted by atomic mass is 10.1. The van der Waals surface area contributed by atoms with E-state index in [2.05, 4.69) is 5.32 Å². The molecule has 0 aliphatic carbocycles. The van der Waals surface area contributed by atoms with Crippen molar-refractivity contribution in [2.24, 2.45) is 0 Å². The number of amides is 1. The Morgan fingerprint density at radius 3 is 2.90 bits per heavy atom. The fraction of sp³-hybridized carbons (Fsp3) is 0.267. The van der Waals surface area contributed by atoms with Crippen molar-refractivity contribution in [2.45, 2.75) is 17.4 Å². The van der Waals surface area contributed by atoms with E-state index in [1.807, 2.05) is 47.3 Å². The number of nitrogens with one attached hydrogen (secondary N) is 1. The minimum atomic E-state index is -0.516. The van der Waals surface area contributed by atoms with E-state index < -0.39 is 6.10 Å². The summed E-state index contributed by atoms with van der Waals surface area (Å²) in [4.78, 5) is 13.0. The maximum Gasteiger partial charge on any atom is 0.252 e. The summed E-state index contributed by atoms with van der Waals surface area (Å²) in [5, 5.41) is 16.7. The van der Waals surface area contributed by atoms with E-state index in [-0.39, 0.29) is 5.91 Å². The quantitative estimate of drug-likeness (QED) is 0.805. The lowest BCUT2D eigenvalue weighted by Crippen LogP contribution is -2.26. The highest BCUT2D eigenvalue weighted by molar-refractivity contribution is 7.98. The predicted octanol–water partition coefficient (Wildman–Crippen LogP) is 3.32. The van der Waals surface area contributed by atoms with Crippen LogP contribution < -0.4 is 5.32 Å². The van der Waals surface area contributed by atoms with Gasteiger partial charge in [-0.2, -0.15) is 11.3 Å². The van der Waals surface area contributed by atoms with Gasteiger partial charge in [0, 0.05) is 11.4 Å². The van der Waals surface area contributed by atoms with Crippen molar-refractivity contribution in [3.05, 3.63) is 52.2 Å². The third kappa shape index (κ3) is 3.85. The number of hydrogen-bond acceptors (Lipinski definition) is 4. The minimum absolute atomic E-state index is 0.0903. The molecule has 1 aromatic heterocycles. The van der Waals surface area contributed by atoms with Crippen LogP contribution >= 0.6 is 23.1 Å². The third-order valence-corrected chi connectivity index (χ3v) is 4.48. The molecule has 2 rings (SSSR count). The molecule has 106 valence electrons. The second-order valence-corrected chi connectivity index (χ2v) is 5.95. The molecule has 0 aliphatic heterocycles. The Hall–Kier alpha value is -1.30. The predicted molar refractivity (Wildman–Crippen MR) is 84.5 cm³/mol. The lowest BCUT2D eigenvalue weighted by Gasteiger charge is -2.11. The zero-order chi connectivity index (χ0) is 14.4. The van der Waals surface area contributed by atoms with Gasteiger partial charge in [-0.05, 0) is 47.2 Å². The summed E-state index contributed by atoms with van der Waals surface area (Å²) in [5.74, 6) is -0.0903. The summed E-state index contributed by atoms with van der Waals surface area (Å²) in [6, 6.07) is 9.42. The van der Waals surface area contributed by atoms with Crippen LogP contribution in [0.5, 0.6) is 0 Å². The monoisotopic (exact) mass is 307 g/mol. The standard InChI is InChI=1S/C15H17NO2S2/c1-19-14-5-3-2-4-12(14)15(18)16-8-6-13(17)11-7-9-20-10-11/h2-5,7,9-10,13,17H,6,8H2,1H3,(H,16,18)/t13-/m0/s1. The molecule has 0 fully saturated rings. The first-order chi connectivity index (χ1) is 9.72. The van der Waals surface area contributed by atoms with Gasteiger partial charge in [0.1, 0.15) is 0 Å². The molecule has 0 radical (unpaired) electrons. The molecule has 2 N–H and O–H groups in total. The number of carbonyl (C=O) groups excluding carboxylic acids is 1. The fourth-order valence-corrected chi connectivity index (χ4v) is 3.18. The first kappa shape index (κ1) is 15.1. The number of thiophene rings is 1. The molecule has 0 unspecified atom stereocenters. The molecule has 5 heteroatoms. The average molecular weight is 307 g/mol. The smallest absolute Gasteiger partial charge is 0.252 e. The summed E-state index contributed by atoms with van der Waals surface area (Å²) < 4.78 is 0. The van der Waals surface area contributed by atoms with Crippen LogP contribution in [0.15, 0.2) is 46.0 Å². The van der Waals surface area contributed by atoms with Crippen molar-refractivity contribution in [1.29, 1.82) is 0 Å². The van der Waals surface area contributed by atoms with Crippen LogP contribution in [0, 0.1) is 0 Å². The molecule has 1 atom stereocenters. The van der Waals surface area contributed by atoms with Crippen LogP contribution in [0.3, 0.4) is 0 Å². The maximum absolute atomic E-state index is 12.1. The number of aliphatic hydroxyl groups is 1. The Labute approximate surface area is 127 Å².